The van der Waals surface area contributed by atoms with Crippen LogP contribution >= 0.6 is 0 Å². The van der Waals surface area contributed by atoms with Gasteiger partial charge in [0.15, 0.2) is 0 Å². The van der Waals surface area contributed by atoms with Crippen molar-refractivity contribution in [3.63, 3.8) is 0 Å². The van der Waals surface area contributed by atoms with Crippen molar-refractivity contribution in [1.82, 2.24) is 14.9 Å². The quantitative estimate of drug-likeness (QED) is 0.491. The van der Waals surface area contributed by atoms with E-state index in [4.69, 9.17) is 0 Å². The van der Waals surface area contributed by atoms with E-state index in [1.807, 2.05) is 30.3 Å². The summed E-state index contributed by atoms with van der Waals surface area (Å²) in [4.78, 5) is 22.8. The van der Waals surface area contributed by atoms with Crippen molar-refractivity contribution in [2.45, 2.75) is 12.6 Å². The molecule has 4 rings (SSSR count). The summed E-state index contributed by atoms with van der Waals surface area (Å²) in [7, 11) is 1.89. The molecule has 1 aliphatic rings. The third-order valence-electron chi connectivity index (χ3n) is 4.89. The average Bonchev–Trinajstić information content (AvgIpc) is 2.80. The van der Waals surface area contributed by atoms with Crippen molar-refractivity contribution in [3.8, 4) is 11.1 Å². The minimum atomic E-state index is -4.47. The molecule has 3 aromatic rings. The van der Waals surface area contributed by atoms with Crippen molar-refractivity contribution >= 4 is 17.5 Å². The van der Waals surface area contributed by atoms with Gasteiger partial charge in [0.05, 0.1) is 17.7 Å². The number of nitrogens with zero attached hydrogens (tertiary/aromatic N) is 3. The van der Waals surface area contributed by atoms with Crippen LogP contribution in [0.4, 0.5) is 24.8 Å². The maximum Gasteiger partial charge on any atom is 0.416 e. The van der Waals surface area contributed by atoms with Gasteiger partial charge in [-0.3, -0.25) is 4.79 Å². The van der Waals surface area contributed by atoms with Crippen LogP contribution in [0.25, 0.3) is 11.1 Å². The predicted octanol–water partition coefficient (Wildman–Crippen LogP) is 5.21. The molecule has 2 aromatic carbocycles. The number of carbonyl (C=O) groups excluding carboxylic acids is 1. The van der Waals surface area contributed by atoms with E-state index >= 15 is 0 Å². The number of halogens is 3. The summed E-state index contributed by atoms with van der Waals surface area (Å²) in [5.41, 5.74) is 5.49. The summed E-state index contributed by atoms with van der Waals surface area (Å²) in [6.07, 6.45) is 4.42. The molecule has 172 valence electrons. The Hall–Kier alpha value is -4.36. The second-order valence-corrected chi connectivity index (χ2v) is 7.61. The number of hydrogen-bond acceptors (Lipinski definition) is 5. The van der Waals surface area contributed by atoms with E-state index in [2.05, 4.69) is 26.3 Å². The summed E-state index contributed by atoms with van der Waals surface area (Å²) in [6.45, 7) is 0. The van der Waals surface area contributed by atoms with Crippen molar-refractivity contribution in [2.24, 2.45) is 0 Å². The number of allylic oxidation sites excluding steroid dienone is 1. The molecule has 0 spiro atoms. The Bertz CT molecular complexity index is 1280. The fourth-order valence-electron chi connectivity index (χ4n) is 3.26. The number of aromatic nitrogens is 2. The maximum absolute atomic E-state index is 12.8. The lowest BCUT2D eigenvalue weighted by Gasteiger charge is -2.13. The van der Waals surface area contributed by atoms with Crippen LogP contribution in [0.3, 0.4) is 0 Å². The molecule has 0 bridgehead atoms. The van der Waals surface area contributed by atoms with Gasteiger partial charge < -0.3 is 15.5 Å². The predicted molar refractivity (Wildman–Crippen MR) is 123 cm³/mol. The van der Waals surface area contributed by atoms with Crippen molar-refractivity contribution in [3.05, 3.63) is 102 Å². The van der Waals surface area contributed by atoms with Gasteiger partial charge in [-0.2, -0.15) is 13.2 Å². The highest BCUT2D eigenvalue weighted by Crippen LogP contribution is 2.30. The summed E-state index contributed by atoms with van der Waals surface area (Å²) in [5, 5.41) is 5.61. The van der Waals surface area contributed by atoms with Crippen LogP contribution in [0.5, 0.6) is 0 Å². The van der Waals surface area contributed by atoms with Crippen LogP contribution < -0.4 is 10.6 Å². The second-order valence-electron chi connectivity index (χ2n) is 7.61. The van der Waals surface area contributed by atoms with Crippen LogP contribution in [0.2, 0.25) is 0 Å². The second kappa shape index (κ2) is 9.64. The van der Waals surface area contributed by atoms with Crippen molar-refractivity contribution < 1.29 is 18.0 Å². The van der Waals surface area contributed by atoms with Gasteiger partial charge in [-0.25, -0.2) is 9.97 Å². The van der Waals surface area contributed by atoms with Gasteiger partial charge in [-0.1, -0.05) is 30.3 Å². The molecule has 2 N–H and O–H groups in total. The zero-order valence-corrected chi connectivity index (χ0v) is 18.1. The first kappa shape index (κ1) is 22.8. The molecule has 0 atom stereocenters. The Balaban J connectivity index is 1.36. The lowest BCUT2D eigenvalue weighted by atomic mass is 10.0. The van der Waals surface area contributed by atoms with E-state index in [1.54, 1.807) is 36.8 Å². The molecule has 0 aliphatic carbocycles. The number of benzene rings is 2. The minimum Gasteiger partial charge on any atom is -0.349 e. The molecule has 1 aliphatic heterocycles. The molecule has 6 nitrogen and oxygen atoms in total. The highest BCUT2D eigenvalue weighted by atomic mass is 19.4. The number of anilines is 2. The summed E-state index contributed by atoms with van der Waals surface area (Å²) in [5.74, 6) is 0.0450. The molecule has 0 saturated heterocycles. The number of alkyl halides is 3. The summed E-state index contributed by atoms with van der Waals surface area (Å²) in [6, 6.07) is 11.8. The van der Waals surface area contributed by atoms with Crippen molar-refractivity contribution in [2.75, 3.05) is 17.7 Å². The molecule has 0 unspecified atom stereocenters. The SMILES string of the molecule is CN1C=C=CC(Nc2ncc(-c3ccc(CC(=O)Nc4cccc(C(F)(F)F)c4)cc3)cn2)=C1. The fraction of sp³-hybridized carbons (Fsp3) is 0.120. The molecule has 2 heterocycles. The fourth-order valence-corrected chi connectivity index (χ4v) is 3.26. The van der Waals surface area contributed by atoms with E-state index in [-0.39, 0.29) is 12.1 Å². The highest BCUT2D eigenvalue weighted by molar-refractivity contribution is 5.92. The monoisotopic (exact) mass is 463 g/mol. The molecule has 0 saturated carbocycles. The van der Waals surface area contributed by atoms with E-state index in [1.165, 1.54) is 12.1 Å². The summed E-state index contributed by atoms with van der Waals surface area (Å²) < 4.78 is 38.5. The lowest BCUT2D eigenvalue weighted by molar-refractivity contribution is -0.137. The molecular formula is C25H20F3N5O. The first-order valence-corrected chi connectivity index (χ1v) is 10.3. The van der Waals surface area contributed by atoms with Gasteiger partial charge in [-0.15, -0.1) is 5.73 Å². The van der Waals surface area contributed by atoms with E-state index in [9.17, 15) is 18.0 Å². The maximum atomic E-state index is 12.8. The number of carbonyl (C=O) groups is 1. The van der Waals surface area contributed by atoms with E-state index < -0.39 is 17.6 Å². The van der Waals surface area contributed by atoms with Crippen LogP contribution in [0, 0.1) is 0 Å². The Morgan fingerprint density at radius 2 is 1.79 bits per heavy atom. The Morgan fingerprint density at radius 1 is 1.06 bits per heavy atom. The van der Waals surface area contributed by atoms with Gasteiger partial charge in [0.1, 0.15) is 0 Å². The lowest BCUT2D eigenvalue weighted by Crippen LogP contribution is -2.15. The van der Waals surface area contributed by atoms with Gasteiger partial charge in [0.25, 0.3) is 0 Å². The standard InChI is InChI=1S/C25H20F3N5O/c1-33-11-3-6-22(16-33)32-24-29-14-19(15-30-24)18-9-7-17(8-10-18)12-23(34)31-21-5-2-4-20(13-21)25(26,27)28/h2,4-11,13-16H,12H2,1H3,(H,31,34)(H,29,30,32). The van der Waals surface area contributed by atoms with Gasteiger partial charge >= 0.3 is 6.18 Å². The van der Waals surface area contributed by atoms with Crippen molar-refractivity contribution in [1.29, 1.82) is 0 Å². The van der Waals surface area contributed by atoms with Crippen LogP contribution in [-0.2, 0) is 17.4 Å². The first-order chi connectivity index (χ1) is 16.3. The molecule has 0 radical (unpaired) electrons. The molecule has 1 aromatic heterocycles. The molecule has 34 heavy (non-hydrogen) atoms. The smallest absolute Gasteiger partial charge is 0.349 e. The zero-order chi connectivity index (χ0) is 24.1. The van der Waals surface area contributed by atoms with Crippen LogP contribution in [0.1, 0.15) is 11.1 Å². The average molecular weight is 463 g/mol. The number of hydrogen-bond donors (Lipinski definition) is 2. The third kappa shape index (κ3) is 5.90. The van der Waals surface area contributed by atoms with Crippen LogP contribution in [0.15, 0.2) is 90.8 Å². The Kier molecular flexibility index (Phi) is 6.47. The van der Waals surface area contributed by atoms with E-state index in [0.717, 1.165) is 34.5 Å². The largest absolute Gasteiger partial charge is 0.416 e. The molecule has 1 amide bonds. The summed E-state index contributed by atoms with van der Waals surface area (Å²) >= 11 is 0. The van der Waals surface area contributed by atoms with Gasteiger partial charge in [-0.05, 0) is 29.3 Å². The molecule has 0 fully saturated rings. The normalized spacial score (nSPS) is 12.9. The van der Waals surface area contributed by atoms with E-state index in [0.29, 0.717) is 5.95 Å². The zero-order valence-electron chi connectivity index (χ0n) is 18.1. The highest BCUT2D eigenvalue weighted by Gasteiger charge is 2.30. The number of amides is 1. The van der Waals surface area contributed by atoms with Gasteiger partial charge in [0, 0.05) is 49.2 Å². The third-order valence-corrected chi connectivity index (χ3v) is 4.89. The number of rotatable bonds is 6. The van der Waals surface area contributed by atoms with Gasteiger partial charge in [0.2, 0.25) is 11.9 Å². The minimum absolute atomic E-state index is 0.0292. The first-order valence-electron chi connectivity index (χ1n) is 10.3. The number of nitrogens with one attached hydrogen (secondary N) is 2. The Labute approximate surface area is 194 Å². The van der Waals surface area contributed by atoms with Crippen LogP contribution in [-0.4, -0.2) is 27.8 Å². The molecule has 9 heteroatoms. The molecular weight excluding hydrogens is 443 g/mol. The Morgan fingerprint density at radius 3 is 2.47 bits per heavy atom. The topological polar surface area (TPSA) is 70.2 Å².